The van der Waals surface area contributed by atoms with Crippen LogP contribution in [0.3, 0.4) is 0 Å². The van der Waals surface area contributed by atoms with Gasteiger partial charge in [-0.1, -0.05) is 12.1 Å². The number of ether oxygens (including phenoxy) is 1. The number of fused-ring (bicyclic) bond motifs is 1. The van der Waals surface area contributed by atoms with Gasteiger partial charge in [0.2, 0.25) is 0 Å². The zero-order valence-corrected chi connectivity index (χ0v) is 14.0. The van der Waals surface area contributed by atoms with E-state index in [-0.39, 0.29) is 0 Å². The van der Waals surface area contributed by atoms with Gasteiger partial charge in [0.05, 0.1) is 12.3 Å². The molecule has 0 aliphatic heterocycles. The molecule has 0 saturated heterocycles. The number of carbonyl (C=O) groups excluding carboxylic acids is 1. The second-order valence-corrected chi connectivity index (χ2v) is 5.95. The number of pyridine rings is 1. The lowest BCUT2D eigenvalue weighted by atomic mass is 9.99. The molecule has 3 aromatic rings. The highest BCUT2D eigenvalue weighted by Crippen LogP contribution is 2.37. The van der Waals surface area contributed by atoms with Crippen LogP contribution in [0.2, 0.25) is 0 Å². The summed E-state index contributed by atoms with van der Waals surface area (Å²) in [7, 11) is 0. The Morgan fingerprint density at radius 1 is 1.04 bits per heavy atom. The molecule has 23 heavy (non-hydrogen) atoms. The van der Waals surface area contributed by atoms with Crippen molar-refractivity contribution in [3.8, 4) is 16.9 Å². The second kappa shape index (κ2) is 5.92. The number of rotatable bonds is 4. The van der Waals surface area contributed by atoms with E-state index in [9.17, 15) is 4.79 Å². The van der Waals surface area contributed by atoms with E-state index in [0.717, 1.165) is 45.4 Å². The van der Waals surface area contributed by atoms with Crippen molar-refractivity contribution in [3.05, 3.63) is 58.9 Å². The monoisotopic (exact) mass is 307 g/mol. The molecular weight excluding hydrogens is 286 g/mol. The Hall–Kier alpha value is -2.55. The van der Waals surface area contributed by atoms with Crippen molar-refractivity contribution in [1.29, 1.82) is 0 Å². The minimum Gasteiger partial charge on any atom is -0.493 e. The number of hydrogen-bond acceptors (Lipinski definition) is 2. The van der Waals surface area contributed by atoms with E-state index in [2.05, 4.69) is 31.2 Å². The summed E-state index contributed by atoms with van der Waals surface area (Å²) >= 11 is 0. The van der Waals surface area contributed by atoms with E-state index < -0.39 is 0 Å². The third kappa shape index (κ3) is 2.63. The Morgan fingerprint density at radius 3 is 2.52 bits per heavy atom. The van der Waals surface area contributed by atoms with Gasteiger partial charge in [-0.05, 0) is 62.6 Å². The van der Waals surface area contributed by atoms with Crippen LogP contribution in [-0.2, 0) is 0 Å². The van der Waals surface area contributed by atoms with E-state index in [1.807, 2.05) is 37.4 Å². The molecule has 3 heteroatoms. The summed E-state index contributed by atoms with van der Waals surface area (Å²) in [6.07, 6.45) is 2.92. The molecule has 0 aliphatic rings. The first kappa shape index (κ1) is 15.3. The number of nitrogens with zero attached hydrogens (tertiary/aromatic N) is 1. The van der Waals surface area contributed by atoms with Crippen LogP contribution in [0.5, 0.6) is 5.75 Å². The van der Waals surface area contributed by atoms with E-state index in [1.165, 1.54) is 0 Å². The van der Waals surface area contributed by atoms with Gasteiger partial charge in [0.15, 0.2) is 6.29 Å². The van der Waals surface area contributed by atoms with E-state index >= 15 is 0 Å². The molecule has 0 fully saturated rings. The molecule has 2 heterocycles. The molecular formula is C20H21NO2. The van der Waals surface area contributed by atoms with Gasteiger partial charge in [0.25, 0.3) is 0 Å². The standard InChI is InChI=1S/C20H21NO2/c1-5-23-20-15(4)8-14(3)9-18(20)17-10-16-7-6-13(2)11-21(16)19(17)12-22/h6-12H,5H2,1-4H3. The van der Waals surface area contributed by atoms with Crippen molar-refractivity contribution in [2.75, 3.05) is 6.61 Å². The number of benzene rings is 1. The maximum Gasteiger partial charge on any atom is 0.167 e. The van der Waals surface area contributed by atoms with Gasteiger partial charge >= 0.3 is 0 Å². The van der Waals surface area contributed by atoms with Gasteiger partial charge in [-0.2, -0.15) is 0 Å². The topological polar surface area (TPSA) is 30.7 Å². The van der Waals surface area contributed by atoms with Crippen molar-refractivity contribution >= 4 is 11.8 Å². The SMILES string of the molecule is CCOc1c(C)cc(C)cc1-c1cc2ccc(C)cn2c1C=O. The van der Waals surface area contributed by atoms with Crippen molar-refractivity contribution < 1.29 is 9.53 Å². The number of aromatic nitrogens is 1. The van der Waals surface area contributed by atoms with Gasteiger partial charge < -0.3 is 9.14 Å². The Bertz CT molecular complexity index is 890. The van der Waals surface area contributed by atoms with Crippen LogP contribution in [0.25, 0.3) is 16.6 Å². The first-order valence-electron chi connectivity index (χ1n) is 7.86. The van der Waals surface area contributed by atoms with Gasteiger partial charge in [0.1, 0.15) is 5.75 Å². The fraction of sp³-hybridized carbons (Fsp3) is 0.250. The number of hydrogen-bond donors (Lipinski definition) is 0. The van der Waals surface area contributed by atoms with Crippen LogP contribution in [0.15, 0.2) is 36.5 Å². The zero-order chi connectivity index (χ0) is 16.6. The lowest BCUT2D eigenvalue weighted by Gasteiger charge is -2.14. The Labute approximate surface area is 136 Å². The third-order valence-corrected chi connectivity index (χ3v) is 4.07. The van der Waals surface area contributed by atoms with Crippen molar-refractivity contribution in [1.82, 2.24) is 4.40 Å². The average molecular weight is 307 g/mol. The summed E-state index contributed by atoms with van der Waals surface area (Å²) in [4.78, 5) is 11.8. The van der Waals surface area contributed by atoms with Gasteiger partial charge in [-0.15, -0.1) is 0 Å². The highest BCUT2D eigenvalue weighted by atomic mass is 16.5. The number of aldehydes is 1. The lowest BCUT2D eigenvalue weighted by molar-refractivity contribution is 0.111. The van der Waals surface area contributed by atoms with Crippen molar-refractivity contribution in [2.45, 2.75) is 27.7 Å². The molecule has 0 radical (unpaired) electrons. The quantitative estimate of drug-likeness (QED) is 0.652. The Balaban J connectivity index is 2.34. The molecule has 0 bridgehead atoms. The molecule has 0 saturated carbocycles. The third-order valence-electron chi connectivity index (χ3n) is 4.07. The molecule has 0 aliphatic carbocycles. The Morgan fingerprint density at radius 2 is 1.83 bits per heavy atom. The molecule has 0 N–H and O–H groups in total. The first-order valence-corrected chi connectivity index (χ1v) is 7.86. The molecule has 0 unspecified atom stereocenters. The molecule has 0 atom stereocenters. The lowest BCUT2D eigenvalue weighted by Crippen LogP contribution is -1.99. The average Bonchev–Trinajstić information content (AvgIpc) is 2.87. The summed E-state index contributed by atoms with van der Waals surface area (Å²) in [6, 6.07) is 10.3. The predicted octanol–water partition coefficient (Wildman–Crippen LogP) is 4.74. The van der Waals surface area contributed by atoms with E-state index in [0.29, 0.717) is 12.3 Å². The van der Waals surface area contributed by atoms with Crippen molar-refractivity contribution in [3.63, 3.8) is 0 Å². The smallest absolute Gasteiger partial charge is 0.167 e. The zero-order valence-electron chi connectivity index (χ0n) is 14.0. The summed E-state index contributed by atoms with van der Waals surface area (Å²) in [5.74, 6) is 0.855. The van der Waals surface area contributed by atoms with Crippen LogP contribution in [0, 0.1) is 20.8 Å². The molecule has 3 nitrogen and oxygen atoms in total. The van der Waals surface area contributed by atoms with Crippen LogP contribution in [-0.4, -0.2) is 17.3 Å². The summed E-state index contributed by atoms with van der Waals surface area (Å²) in [5, 5.41) is 0. The van der Waals surface area contributed by atoms with Gasteiger partial charge in [-0.25, -0.2) is 0 Å². The first-order chi connectivity index (χ1) is 11.0. The highest BCUT2D eigenvalue weighted by molar-refractivity contribution is 5.92. The maximum absolute atomic E-state index is 11.8. The normalized spacial score (nSPS) is 11.0. The Kier molecular flexibility index (Phi) is 3.95. The molecule has 0 spiro atoms. The largest absolute Gasteiger partial charge is 0.493 e. The summed E-state index contributed by atoms with van der Waals surface area (Å²) in [5.41, 5.74) is 6.93. The minimum absolute atomic E-state index is 0.597. The predicted molar refractivity (Wildman–Crippen MR) is 93.6 cm³/mol. The summed E-state index contributed by atoms with van der Waals surface area (Å²) in [6.45, 7) is 8.70. The number of carbonyl (C=O) groups is 1. The molecule has 3 rings (SSSR count). The molecule has 2 aromatic heterocycles. The molecule has 1 aromatic carbocycles. The molecule has 0 amide bonds. The van der Waals surface area contributed by atoms with Gasteiger partial charge in [0, 0.05) is 22.8 Å². The number of aryl methyl sites for hydroxylation is 3. The van der Waals surface area contributed by atoms with E-state index in [1.54, 1.807) is 0 Å². The second-order valence-electron chi connectivity index (χ2n) is 5.95. The van der Waals surface area contributed by atoms with Crippen LogP contribution in [0.1, 0.15) is 34.1 Å². The van der Waals surface area contributed by atoms with Crippen molar-refractivity contribution in [2.24, 2.45) is 0 Å². The fourth-order valence-corrected chi connectivity index (χ4v) is 3.12. The molecule has 118 valence electrons. The van der Waals surface area contributed by atoms with Gasteiger partial charge in [-0.3, -0.25) is 4.79 Å². The van der Waals surface area contributed by atoms with E-state index in [4.69, 9.17) is 4.74 Å². The van der Waals surface area contributed by atoms with Crippen LogP contribution in [0.4, 0.5) is 0 Å². The van der Waals surface area contributed by atoms with Crippen LogP contribution < -0.4 is 4.74 Å². The fourth-order valence-electron chi connectivity index (χ4n) is 3.12. The highest BCUT2D eigenvalue weighted by Gasteiger charge is 2.17. The maximum atomic E-state index is 11.8. The summed E-state index contributed by atoms with van der Waals surface area (Å²) < 4.78 is 7.82. The van der Waals surface area contributed by atoms with Crippen LogP contribution >= 0.6 is 0 Å². The minimum atomic E-state index is 0.597.